The zero-order valence-corrected chi connectivity index (χ0v) is 14.0. The summed E-state index contributed by atoms with van der Waals surface area (Å²) < 4.78 is 1.90. The maximum absolute atomic E-state index is 12.9. The summed E-state index contributed by atoms with van der Waals surface area (Å²) in [5.74, 6) is 0.308. The molecule has 0 aliphatic heterocycles. The van der Waals surface area contributed by atoms with E-state index in [0.29, 0.717) is 21.6 Å². The Balaban J connectivity index is 2.62. The molecule has 2 aromatic rings. The third-order valence-corrected chi connectivity index (χ3v) is 4.61. The summed E-state index contributed by atoms with van der Waals surface area (Å²) in [6.45, 7) is 8.39. The van der Waals surface area contributed by atoms with E-state index < -0.39 is 0 Å². The van der Waals surface area contributed by atoms with E-state index in [1.54, 1.807) is 7.05 Å². The maximum atomic E-state index is 12.9. The molecule has 0 saturated heterocycles. The average Bonchev–Trinajstić information content (AvgIpc) is 2.94. The van der Waals surface area contributed by atoms with Gasteiger partial charge >= 0.3 is 0 Å². The lowest BCUT2D eigenvalue weighted by Crippen LogP contribution is -2.28. The van der Waals surface area contributed by atoms with Crippen LogP contribution in [0.4, 0.5) is 5.13 Å². The average molecular weight is 306 g/mol. The number of aromatic nitrogens is 3. The summed E-state index contributed by atoms with van der Waals surface area (Å²) in [6.07, 6.45) is 0.918. The molecular formula is C15H22N4OS. The third kappa shape index (κ3) is 3.00. The lowest BCUT2D eigenvalue weighted by molar-refractivity contribution is 0.485. The minimum atomic E-state index is 0.0225. The van der Waals surface area contributed by atoms with Crippen molar-refractivity contribution in [2.75, 3.05) is 12.4 Å². The van der Waals surface area contributed by atoms with E-state index in [4.69, 9.17) is 0 Å². The van der Waals surface area contributed by atoms with E-state index in [-0.39, 0.29) is 11.6 Å². The van der Waals surface area contributed by atoms with Crippen LogP contribution in [0.15, 0.2) is 16.9 Å². The second-order valence-corrected chi connectivity index (χ2v) is 6.40. The first-order chi connectivity index (χ1) is 9.99. The van der Waals surface area contributed by atoms with E-state index >= 15 is 0 Å². The van der Waals surface area contributed by atoms with E-state index in [0.717, 1.165) is 12.1 Å². The lowest BCUT2D eigenvalue weighted by atomic mass is 10.1. The Kier molecular flexibility index (Phi) is 4.77. The van der Waals surface area contributed by atoms with Gasteiger partial charge in [-0.1, -0.05) is 32.1 Å². The van der Waals surface area contributed by atoms with Gasteiger partial charge in [-0.2, -0.15) is 0 Å². The topological polar surface area (TPSA) is 59.8 Å². The fourth-order valence-corrected chi connectivity index (χ4v) is 2.98. The van der Waals surface area contributed by atoms with Crippen LogP contribution in [-0.2, 0) is 0 Å². The minimum absolute atomic E-state index is 0.0225. The molecule has 0 fully saturated rings. The highest BCUT2D eigenvalue weighted by Gasteiger charge is 2.18. The molecule has 2 rings (SSSR count). The largest absolute Gasteiger partial charge is 0.363 e. The van der Waals surface area contributed by atoms with Crippen molar-refractivity contribution in [2.45, 2.75) is 46.1 Å². The molecule has 0 radical (unpaired) electrons. The highest BCUT2D eigenvalue weighted by Crippen LogP contribution is 2.26. The number of nitrogens with zero attached hydrogens (tertiary/aromatic N) is 3. The van der Waals surface area contributed by atoms with Crippen molar-refractivity contribution in [1.29, 1.82) is 0 Å². The molecule has 1 atom stereocenters. The van der Waals surface area contributed by atoms with Crippen molar-refractivity contribution >= 4 is 16.5 Å². The Morgan fingerprint density at radius 3 is 2.52 bits per heavy atom. The molecule has 0 amide bonds. The van der Waals surface area contributed by atoms with E-state index in [1.807, 2.05) is 16.7 Å². The summed E-state index contributed by atoms with van der Waals surface area (Å²) in [5, 5.41) is 12.5. The smallest absolute Gasteiger partial charge is 0.261 e. The number of hydrogen-bond acceptors (Lipinski definition) is 5. The quantitative estimate of drug-likeness (QED) is 0.918. The Morgan fingerprint density at radius 1 is 1.29 bits per heavy atom. The van der Waals surface area contributed by atoms with Crippen LogP contribution >= 0.6 is 11.3 Å². The number of anilines is 1. The van der Waals surface area contributed by atoms with Gasteiger partial charge in [0.15, 0.2) is 5.01 Å². The van der Waals surface area contributed by atoms with Crippen molar-refractivity contribution < 1.29 is 0 Å². The molecule has 114 valence electrons. The van der Waals surface area contributed by atoms with Gasteiger partial charge in [-0.05, 0) is 31.4 Å². The van der Waals surface area contributed by atoms with Crippen LogP contribution in [0.25, 0.3) is 10.6 Å². The Morgan fingerprint density at radius 2 is 2.00 bits per heavy atom. The predicted octanol–water partition coefficient (Wildman–Crippen LogP) is 3.50. The molecule has 2 heterocycles. The lowest BCUT2D eigenvalue weighted by Gasteiger charge is -2.21. The molecular weight excluding hydrogens is 284 g/mol. The first-order valence-electron chi connectivity index (χ1n) is 7.26. The Bertz CT molecular complexity index is 675. The third-order valence-electron chi connectivity index (χ3n) is 3.64. The van der Waals surface area contributed by atoms with Gasteiger partial charge in [0.25, 0.3) is 5.56 Å². The predicted molar refractivity (Wildman–Crippen MR) is 88.2 cm³/mol. The maximum Gasteiger partial charge on any atom is 0.261 e. The SMILES string of the molecule is CCC(C)n1c(C(C)C)ccc(-c2nnc(NC)s2)c1=O. The van der Waals surface area contributed by atoms with Crippen LogP contribution in [0.3, 0.4) is 0 Å². The van der Waals surface area contributed by atoms with E-state index in [9.17, 15) is 4.79 Å². The minimum Gasteiger partial charge on any atom is -0.363 e. The van der Waals surface area contributed by atoms with Gasteiger partial charge in [-0.15, -0.1) is 10.2 Å². The normalized spacial score (nSPS) is 12.7. The molecule has 2 aromatic heterocycles. The standard InChI is InChI=1S/C15H22N4OS/c1-6-10(4)19-12(9(2)3)8-7-11(14(19)20)13-17-18-15(16-5)21-13/h7-10H,6H2,1-5H3,(H,16,18). The molecule has 0 aliphatic rings. The summed E-state index contributed by atoms with van der Waals surface area (Å²) in [5.41, 5.74) is 1.71. The van der Waals surface area contributed by atoms with Crippen LogP contribution in [0.2, 0.25) is 0 Å². The highest BCUT2D eigenvalue weighted by atomic mass is 32.1. The number of rotatable bonds is 5. The van der Waals surface area contributed by atoms with Gasteiger partial charge in [0, 0.05) is 18.8 Å². The fraction of sp³-hybridized carbons (Fsp3) is 0.533. The number of hydrogen-bond donors (Lipinski definition) is 1. The Labute approximate surface area is 129 Å². The molecule has 21 heavy (non-hydrogen) atoms. The van der Waals surface area contributed by atoms with Gasteiger partial charge in [0.05, 0.1) is 5.56 Å². The van der Waals surface area contributed by atoms with E-state index in [1.165, 1.54) is 11.3 Å². The molecule has 0 spiro atoms. The fourth-order valence-electron chi connectivity index (χ4n) is 2.27. The summed E-state index contributed by atoms with van der Waals surface area (Å²) in [6, 6.07) is 4.08. The second kappa shape index (κ2) is 6.39. The molecule has 0 aliphatic carbocycles. The molecule has 6 heteroatoms. The summed E-state index contributed by atoms with van der Waals surface area (Å²) in [4.78, 5) is 12.9. The molecule has 0 saturated carbocycles. The van der Waals surface area contributed by atoms with Gasteiger partial charge in [-0.3, -0.25) is 4.79 Å². The van der Waals surface area contributed by atoms with Crippen molar-refractivity contribution in [2.24, 2.45) is 0 Å². The highest BCUT2D eigenvalue weighted by molar-refractivity contribution is 7.18. The van der Waals surface area contributed by atoms with Gasteiger partial charge in [0.2, 0.25) is 5.13 Å². The number of pyridine rings is 1. The van der Waals surface area contributed by atoms with Gasteiger partial charge in [-0.25, -0.2) is 0 Å². The van der Waals surface area contributed by atoms with Crippen LogP contribution in [0.1, 0.15) is 51.8 Å². The summed E-state index contributed by atoms with van der Waals surface area (Å²) in [7, 11) is 1.80. The second-order valence-electron chi connectivity index (χ2n) is 5.42. The van der Waals surface area contributed by atoms with Crippen LogP contribution in [0.5, 0.6) is 0 Å². The van der Waals surface area contributed by atoms with E-state index in [2.05, 4.69) is 43.2 Å². The van der Waals surface area contributed by atoms with Crippen molar-refractivity contribution in [3.63, 3.8) is 0 Å². The van der Waals surface area contributed by atoms with Crippen LogP contribution < -0.4 is 10.9 Å². The van der Waals surface area contributed by atoms with Gasteiger partial charge < -0.3 is 9.88 Å². The van der Waals surface area contributed by atoms with Crippen LogP contribution in [0, 0.1) is 0 Å². The zero-order valence-electron chi connectivity index (χ0n) is 13.2. The monoisotopic (exact) mass is 306 g/mol. The zero-order chi connectivity index (χ0) is 15.6. The van der Waals surface area contributed by atoms with Crippen molar-refractivity contribution in [3.8, 4) is 10.6 Å². The molecule has 0 aromatic carbocycles. The van der Waals surface area contributed by atoms with Crippen LogP contribution in [-0.4, -0.2) is 21.8 Å². The molecule has 1 unspecified atom stereocenters. The number of nitrogens with one attached hydrogen (secondary N) is 1. The summed E-state index contributed by atoms with van der Waals surface area (Å²) >= 11 is 1.40. The van der Waals surface area contributed by atoms with Crippen molar-refractivity contribution in [3.05, 3.63) is 28.2 Å². The first kappa shape index (κ1) is 15.7. The Hall–Kier alpha value is -1.69. The van der Waals surface area contributed by atoms with Gasteiger partial charge in [0.1, 0.15) is 0 Å². The molecule has 0 bridgehead atoms. The molecule has 5 nitrogen and oxygen atoms in total. The van der Waals surface area contributed by atoms with Crippen molar-refractivity contribution in [1.82, 2.24) is 14.8 Å². The molecule has 1 N–H and O–H groups in total. The first-order valence-corrected chi connectivity index (χ1v) is 8.08.